The first kappa shape index (κ1) is 18.5. The fourth-order valence-electron chi connectivity index (χ4n) is 3.29. The standard InChI is InChI=1S/C22H28N2O2/c1-5-26-20-8-6-7-17(21(20)25)19-13-18(23-22(24-19)14(2)3)16-11-9-15(4)10-12-16/h6-12,14,19,22,24-25H,5,13H2,1-4H3. The van der Waals surface area contributed by atoms with Crippen molar-refractivity contribution in [3.8, 4) is 11.5 Å². The molecule has 0 saturated heterocycles. The second kappa shape index (κ2) is 7.92. The Kier molecular flexibility index (Phi) is 5.62. The molecule has 0 aliphatic carbocycles. The number of ether oxygens (including phenoxy) is 1. The zero-order valence-electron chi connectivity index (χ0n) is 16.0. The van der Waals surface area contributed by atoms with Crippen molar-refractivity contribution in [3.63, 3.8) is 0 Å². The molecule has 0 bridgehead atoms. The van der Waals surface area contributed by atoms with Crippen LogP contribution in [0.5, 0.6) is 11.5 Å². The molecule has 1 heterocycles. The Morgan fingerprint density at radius 3 is 2.58 bits per heavy atom. The highest BCUT2D eigenvalue weighted by atomic mass is 16.5. The number of phenols is 1. The van der Waals surface area contributed by atoms with Crippen LogP contribution in [-0.2, 0) is 0 Å². The van der Waals surface area contributed by atoms with Crippen molar-refractivity contribution in [1.29, 1.82) is 0 Å². The van der Waals surface area contributed by atoms with Gasteiger partial charge in [0, 0.05) is 23.7 Å². The second-order valence-corrected chi connectivity index (χ2v) is 7.18. The number of rotatable bonds is 5. The van der Waals surface area contributed by atoms with Crippen LogP contribution >= 0.6 is 0 Å². The molecule has 3 rings (SSSR count). The van der Waals surface area contributed by atoms with E-state index in [2.05, 4.69) is 50.4 Å². The van der Waals surface area contributed by atoms with E-state index in [1.54, 1.807) is 6.07 Å². The fourth-order valence-corrected chi connectivity index (χ4v) is 3.29. The number of nitrogens with zero attached hydrogens (tertiary/aromatic N) is 1. The summed E-state index contributed by atoms with van der Waals surface area (Å²) < 4.78 is 5.56. The summed E-state index contributed by atoms with van der Waals surface area (Å²) in [6.45, 7) is 8.85. The summed E-state index contributed by atoms with van der Waals surface area (Å²) in [5, 5.41) is 14.3. The molecule has 0 aromatic heterocycles. The Balaban J connectivity index is 1.96. The number of aliphatic imine (C=N–C) groups is 1. The third kappa shape index (κ3) is 3.91. The normalized spacial score (nSPS) is 20.1. The third-order valence-electron chi connectivity index (χ3n) is 4.79. The summed E-state index contributed by atoms with van der Waals surface area (Å²) in [5.74, 6) is 1.11. The molecule has 2 unspecified atom stereocenters. The number of nitrogens with one attached hydrogen (secondary N) is 1. The zero-order chi connectivity index (χ0) is 18.7. The summed E-state index contributed by atoms with van der Waals surface area (Å²) in [5.41, 5.74) is 4.32. The topological polar surface area (TPSA) is 53.8 Å². The van der Waals surface area contributed by atoms with E-state index in [-0.39, 0.29) is 18.0 Å². The third-order valence-corrected chi connectivity index (χ3v) is 4.79. The number of aromatic hydroxyl groups is 1. The Morgan fingerprint density at radius 2 is 1.92 bits per heavy atom. The summed E-state index contributed by atoms with van der Waals surface area (Å²) in [6, 6.07) is 14.2. The van der Waals surface area contributed by atoms with Gasteiger partial charge >= 0.3 is 0 Å². The van der Waals surface area contributed by atoms with E-state index in [0.29, 0.717) is 18.3 Å². The van der Waals surface area contributed by atoms with Gasteiger partial charge in [0.25, 0.3) is 0 Å². The molecule has 0 amide bonds. The molecular weight excluding hydrogens is 324 g/mol. The van der Waals surface area contributed by atoms with Crippen LogP contribution in [0.15, 0.2) is 47.5 Å². The predicted octanol–water partition coefficient (Wildman–Crippen LogP) is 4.61. The van der Waals surface area contributed by atoms with Gasteiger partial charge in [0.1, 0.15) is 6.17 Å². The quantitative estimate of drug-likeness (QED) is 0.826. The van der Waals surface area contributed by atoms with Gasteiger partial charge in [0.05, 0.1) is 6.61 Å². The zero-order valence-corrected chi connectivity index (χ0v) is 16.0. The maximum atomic E-state index is 10.7. The van der Waals surface area contributed by atoms with Crippen molar-refractivity contribution in [2.24, 2.45) is 10.9 Å². The van der Waals surface area contributed by atoms with Gasteiger partial charge < -0.3 is 9.84 Å². The van der Waals surface area contributed by atoms with E-state index in [4.69, 9.17) is 9.73 Å². The van der Waals surface area contributed by atoms with Gasteiger partial charge in [-0.2, -0.15) is 0 Å². The van der Waals surface area contributed by atoms with Crippen LogP contribution in [0.3, 0.4) is 0 Å². The first-order valence-electron chi connectivity index (χ1n) is 9.34. The molecule has 0 spiro atoms. The molecule has 0 fully saturated rings. The molecule has 0 radical (unpaired) electrons. The number of hydrogen-bond acceptors (Lipinski definition) is 4. The Bertz CT molecular complexity index is 781. The highest BCUT2D eigenvalue weighted by Crippen LogP contribution is 2.37. The molecule has 1 aliphatic heterocycles. The summed E-state index contributed by atoms with van der Waals surface area (Å²) in [4.78, 5) is 4.94. The molecule has 26 heavy (non-hydrogen) atoms. The van der Waals surface area contributed by atoms with Crippen molar-refractivity contribution in [2.75, 3.05) is 6.61 Å². The smallest absolute Gasteiger partial charge is 0.162 e. The SMILES string of the molecule is CCOc1cccc(C2CC(c3ccc(C)cc3)=NC(C(C)C)N2)c1O. The van der Waals surface area contributed by atoms with E-state index in [1.165, 1.54) is 5.56 Å². The second-order valence-electron chi connectivity index (χ2n) is 7.18. The van der Waals surface area contributed by atoms with Gasteiger partial charge in [-0.1, -0.05) is 55.8 Å². The lowest BCUT2D eigenvalue weighted by molar-refractivity contribution is 0.309. The van der Waals surface area contributed by atoms with E-state index in [9.17, 15) is 5.11 Å². The van der Waals surface area contributed by atoms with Crippen LogP contribution in [0.25, 0.3) is 0 Å². The van der Waals surface area contributed by atoms with Crippen LogP contribution in [-0.4, -0.2) is 23.6 Å². The molecule has 0 saturated carbocycles. The van der Waals surface area contributed by atoms with E-state index in [0.717, 1.165) is 23.3 Å². The van der Waals surface area contributed by atoms with Gasteiger partial charge in [0.2, 0.25) is 0 Å². The Labute approximate surface area is 155 Å². The molecule has 2 aromatic rings. The lowest BCUT2D eigenvalue weighted by atomic mass is 9.92. The number of phenolic OH excluding ortho intramolecular Hbond substituents is 1. The van der Waals surface area contributed by atoms with Crippen LogP contribution in [0.4, 0.5) is 0 Å². The Hall–Kier alpha value is -2.33. The molecule has 4 heteroatoms. The average Bonchev–Trinajstić information content (AvgIpc) is 2.64. The van der Waals surface area contributed by atoms with Crippen LogP contribution in [0.1, 0.15) is 49.9 Å². The van der Waals surface area contributed by atoms with E-state index < -0.39 is 0 Å². The minimum absolute atomic E-state index is 0.00314. The van der Waals surface area contributed by atoms with Crippen LogP contribution in [0.2, 0.25) is 0 Å². The van der Waals surface area contributed by atoms with Crippen molar-refractivity contribution in [3.05, 3.63) is 59.2 Å². The molecule has 2 atom stereocenters. The van der Waals surface area contributed by atoms with Gasteiger partial charge in [-0.25, -0.2) is 0 Å². The lowest BCUT2D eigenvalue weighted by Gasteiger charge is -2.32. The summed E-state index contributed by atoms with van der Waals surface area (Å²) in [6.07, 6.45) is 0.746. The summed E-state index contributed by atoms with van der Waals surface area (Å²) >= 11 is 0. The minimum atomic E-state index is -0.00314. The molecule has 138 valence electrons. The molecule has 2 N–H and O–H groups in total. The van der Waals surface area contributed by atoms with Gasteiger partial charge in [-0.15, -0.1) is 0 Å². The van der Waals surface area contributed by atoms with Crippen molar-refractivity contribution in [2.45, 2.75) is 46.3 Å². The monoisotopic (exact) mass is 352 g/mol. The first-order valence-corrected chi connectivity index (χ1v) is 9.34. The number of hydrogen-bond donors (Lipinski definition) is 2. The molecule has 2 aromatic carbocycles. The lowest BCUT2D eigenvalue weighted by Crippen LogP contribution is -2.41. The maximum Gasteiger partial charge on any atom is 0.162 e. The number of para-hydroxylation sites is 1. The molecule has 4 nitrogen and oxygen atoms in total. The number of benzene rings is 2. The molecular formula is C22H28N2O2. The molecule has 1 aliphatic rings. The summed E-state index contributed by atoms with van der Waals surface area (Å²) in [7, 11) is 0. The van der Waals surface area contributed by atoms with Crippen LogP contribution in [0, 0.1) is 12.8 Å². The maximum absolute atomic E-state index is 10.7. The average molecular weight is 352 g/mol. The first-order chi connectivity index (χ1) is 12.5. The fraction of sp³-hybridized carbons (Fsp3) is 0.409. The van der Waals surface area contributed by atoms with Crippen LogP contribution < -0.4 is 10.1 Å². The predicted molar refractivity (Wildman–Crippen MR) is 106 cm³/mol. The highest BCUT2D eigenvalue weighted by molar-refractivity contribution is 6.01. The van der Waals surface area contributed by atoms with Gasteiger partial charge in [-0.05, 0) is 31.4 Å². The van der Waals surface area contributed by atoms with Gasteiger partial charge in [-0.3, -0.25) is 10.3 Å². The van der Waals surface area contributed by atoms with E-state index in [1.807, 2.05) is 19.1 Å². The number of aryl methyl sites for hydroxylation is 1. The largest absolute Gasteiger partial charge is 0.504 e. The minimum Gasteiger partial charge on any atom is -0.504 e. The van der Waals surface area contributed by atoms with Crippen molar-refractivity contribution in [1.82, 2.24) is 5.32 Å². The Morgan fingerprint density at radius 1 is 1.19 bits per heavy atom. The van der Waals surface area contributed by atoms with Crippen molar-refractivity contribution >= 4 is 5.71 Å². The van der Waals surface area contributed by atoms with Crippen molar-refractivity contribution < 1.29 is 9.84 Å². The highest BCUT2D eigenvalue weighted by Gasteiger charge is 2.29. The van der Waals surface area contributed by atoms with E-state index >= 15 is 0 Å². The van der Waals surface area contributed by atoms with Gasteiger partial charge in [0.15, 0.2) is 11.5 Å².